The van der Waals surface area contributed by atoms with Crippen LogP contribution < -0.4 is 4.43 Å². The topological polar surface area (TPSA) is 35.5 Å². The Bertz CT molecular complexity index is 807. The van der Waals surface area contributed by atoms with Gasteiger partial charge >= 0.3 is 5.97 Å². The van der Waals surface area contributed by atoms with Crippen molar-refractivity contribution in [1.82, 2.24) is 0 Å². The van der Waals surface area contributed by atoms with E-state index in [-0.39, 0.29) is 17.7 Å². The predicted molar refractivity (Wildman–Crippen MR) is 119 cm³/mol. The Labute approximate surface area is 175 Å². The number of hydrogen-bond donors (Lipinski definition) is 0. The lowest BCUT2D eigenvalue weighted by Crippen LogP contribution is -2.50. The molecule has 0 fully saturated rings. The summed E-state index contributed by atoms with van der Waals surface area (Å²) < 4.78 is 26.4. The molecular weight excluding hydrogens is 383 g/mol. The van der Waals surface area contributed by atoms with Crippen molar-refractivity contribution in [3.63, 3.8) is 0 Å². The van der Waals surface area contributed by atoms with E-state index in [0.29, 0.717) is 22.2 Å². The van der Waals surface area contributed by atoms with E-state index in [1.54, 1.807) is 13.0 Å². The lowest BCUT2D eigenvalue weighted by molar-refractivity contribution is 0.0527. The highest BCUT2D eigenvalue weighted by Crippen LogP contribution is 2.43. The van der Waals surface area contributed by atoms with Crippen molar-refractivity contribution in [2.45, 2.75) is 65.1 Å². The van der Waals surface area contributed by atoms with Crippen molar-refractivity contribution in [2.75, 3.05) is 6.61 Å². The summed E-state index contributed by atoms with van der Waals surface area (Å²) >= 11 is 0. The van der Waals surface area contributed by atoms with Gasteiger partial charge < -0.3 is 9.16 Å². The fraction of sp³-hybridized carbons (Fsp3) is 0.458. The second kappa shape index (κ2) is 9.57. The molecule has 0 saturated heterocycles. The third-order valence-electron chi connectivity index (χ3n) is 5.65. The van der Waals surface area contributed by atoms with Crippen LogP contribution in [0.1, 0.15) is 58.8 Å². The first-order valence-corrected chi connectivity index (χ1v) is 12.5. The third-order valence-corrected chi connectivity index (χ3v) is 11.7. The monoisotopic (exact) mass is 416 g/mol. The van der Waals surface area contributed by atoms with Crippen LogP contribution in [0.2, 0.25) is 16.6 Å². The summed E-state index contributed by atoms with van der Waals surface area (Å²) in [6, 6.07) is 11.9. The van der Waals surface area contributed by atoms with Gasteiger partial charge in [-0.15, -0.1) is 0 Å². The molecule has 5 heteroatoms. The smallest absolute Gasteiger partial charge is 0.338 e. The zero-order valence-electron chi connectivity index (χ0n) is 18.6. The molecule has 0 spiro atoms. The number of hydrogen-bond acceptors (Lipinski definition) is 3. The molecule has 0 saturated carbocycles. The molecule has 0 aliphatic rings. The Hall–Kier alpha value is -2.14. The first kappa shape index (κ1) is 23.1. The maximum atomic E-state index is 14.6. The van der Waals surface area contributed by atoms with Gasteiger partial charge in [-0.05, 0) is 53.4 Å². The quantitative estimate of drug-likeness (QED) is 0.336. The number of esters is 1. The minimum atomic E-state index is -2.06. The van der Waals surface area contributed by atoms with E-state index in [9.17, 15) is 9.18 Å². The van der Waals surface area contributed by atoms with Crippen molar-refractivity contribution in [2.24, 2.45) is 0 Å². The van der Waals surface area contributed by atoms with Crippen molar-refractivity contribution in [3.05, 3.63) is 53.8 Å². The molecule has 0 aromatic heterocycles. The maximum absolute atomic E-state index is 14.6. The average Bonchev–Trinajstić information content (AvgIpc) is 2.65. The predicted octanol–water partition coefficient (Wildman–Crippen LogP) is 7.22. The third kappa shape index (κ3) is 4.72. The van der Waals surface area contributed by atoms with Crippen LogP contribution in [0.15, 0.2) is 42.5 Å². The Morgan fingerprint density at radius 1 is 0.931 bits per heavy atom. The summed E-state index contributed by atoms with van der Waals surface area (Å²) in [5, 5.41) is 0. The van der Waals surface area contributed by atoms with Gasteiger partial charge in [0.05, 0.1) is 12.2 Å². The van der Waals surface area contributed by atoms with Crippen LogP contribution in [-0.4, -0.2) is 20.9 Å². The largest absolute Gasteiger partial charge is 0.543 e. The second-order valence-electron chi connectivity index (χ2n) is 8.33. The molecule has 0 atom stereocenters. The van der Waals surface area contributed by atoms with E-state index < -0.39 is 20.1 Å². The number of carbonyl (C=O) groups excluding carboxylic acids is 1. The first-order valence-electron chi connectivity index (χ1n) is 10.4. The summed E-state index contributed by atoms with van der Waals surface area (Å²) in [6.07, 6.45) is 0. The maximum Gasteiger partial charge on any atom is 0.338 e. The minimum absolute atomic E-state index is 0.232. The van der Waals surface area contributed by atoms with Gasteiger partial charge in [-0.25, -0.2) is 9.18 Å². The van der Waals surface area contributed by atoms with Gasteiger partial charge in [0.25, 0.3) is 8.32 Å². The lowest BCUT2D eigenvalue weighted by Gasteiger charge is -2.42. The standard InChI is InChI=1S/C24H33FO3Si/c1-8-27-24(26)21-10-9-11-22(25)23(21)19-12-14-20(15-13-19)28-29(16(2)3,17(4)5)18(6)7/h9-18H,8H2,1-7H3. The van der Waals surface area contributed by atoms with Crippen molar-refractivity contribution >= 4 is 14.3 Å². The van der Waals surface area contributed by atoms with Gasteiger partial charge in [-0.2, -0.15) is 0 Å². The van der Waals surface area contributed by atoms with E-state index in [1.165, 1.54) is 12.1 Å². The Balaban J connectivity index is 2.43. The Morgan fingerprint density at radius 3 is 1.97 bits per heavy atom. The van der Waals surface area contributed by atoms with Crippen LogP contribution in [0.3, 0.4) is 0 Å². The van der Waals surface area contributed by atoms with Gasteiger partial charge in [0.15, 0.2) is 0 Å². The minimum Gasteiger partial charge on any atom is -0.543 e. The second-order valence-corrected chi connectivity index (χ2v) is 13.7. The fourth-order valence-electron chi connectivity index (χ4n) is 4.44. The van der Waals surface area contributed by atoms with Crippen LogP contribution >= 0.6 is 0 Å². The number of halogens is 1. The van der Waals surface area contributed by atoms with Gasteiger partial charge in [0.1, 0.15) is 11.6 Å². The fourth-order valence-corrected chi connectivity index (χ4v) is 9.70. The number of ether oxygens (including phenoxy) is 1. The molecule has 0 radical (unpaired) electrons. The summed E-state index contributed by atoms with van der Waals surface area (Å²) in [7, 11) is -2.06. The molecular formula is C24H33FO3Si. The molecule has 0 aliphatic carbocycles. The lowest BCUT2D eigenvalue weighted by atomic mass is 9.99. The van der Waals surface area contributed by atoms with Crippen LogP contribution in [0, 0.1) is 5.82 Å². The van der Waals surface area contributed by atoms with Gasteiger partial charge in [0, 0.05) is 5.56 Å². The molecule has 2 aromatic rings. The van der Waals surface area contributed by atoms with Crippen molar-refractivity contribution in [1.29, 1.82) is 0 Å². The molecule has 0 aliphatic heterocycles. The molecule has 2 rings (SSSR count). The van der Waals surface area contributed by atoms with E-state index in [4.69, 9.17) is 9.16 Å². The summed E-state index contributed by atoms with van der Waals surface area (Å²) in [5.74, 6) is -0.168. The number of carbonyl (C=O) groups is 1. The SMILES string of the molecule is CCOC(=O)c1cccc(F)c1-c1ccc(O[Si](C(C)C)(C(C)C)C(C)C)cc1. The molecule has 3 nitrogen and oxygen atoms in total. The highest BCUT2D eigenvalue weighted by Gasteiger charge is 2.46. The van der Waals surface area contributed by atoms with E-state index >= 15 is 0 Å². The van der Waals surface area contributed by atoms with Crippen molar-refractivity contribution < 1.29 is 18.3 Å². The van der Waals surface area contributed by atoms with Gasteiger partial charge in [-0.3, -0.25) is 0 Å². The van der Waals surface area contributed by atoms with Crippen LogP contribution in [-0.2, 0) is 4.74 Å². The number of benzene rings is 2. The zero-order valence-corrected chi connectivity index (χ0v) is 19.6. The van der Waals surface area contributed by atoms with Crippen LogP contribution in [0.5, 0.6) is 5.75 Å². The van der Waals surface area contributed by atoms with Crippen LogP contribution in [0.4, 0.5) is 4.39 Å². The Morgan fingerprint density at radius 2 is 1.48 bits per heavy atom. The van der Waals surface area contributed by atoms with E-state index in [0.717, 1.165) is 5.75 Å². The molecule has 0 amide bonds. The first-order chi connectivity index (χ1) is 13.6. The van der Waals surface area contributed by atoms with Crippen LogP contribution in [0.25, 0.3) is 11.1 Å². The van der Waals surface area contributed by atoms with E-state index in [2.05, 4.69) is 41.5 Å². The normalized spacial score (nSPS) is 12.0. The molecule has 29 heavy (non-hydrogen) atoms. The highest BCUT2D eigenvalue weighted by molar-refractivity contribution is 6.78. The van der Waals surface area contributed by atoms with Crippen molar-refractivity contribution in [3.8, 4) is 16.9 Å². The Kier molecular flexibility index (Phi) is 7.64. The van der Waals surface area contributed by atoms with Gasteiger partial charge in [-0.1, -0.05) is 59.7 Å². The molecule has 0 unspecified atom stereocenters. The zero-order chi connectivity index (χ0) is 21.8. The summed E-state index contributed by atoms with van der Waals surface area (Å²) in [6.45, 7) is 15.4. The molecule has 0 bridgehead atoms. The summed E-state index contributed by atoms with van der Waals surface area (Å²) in [4.78, 5) is 12.3. The summed E-state index contributed by atoms with van der Waals surface area (Å²) in [5.41, 5.74) is 2.51. The highest BCUT2D eigenvalue weighted by atomic mass is 28.4. The molecule has 2 aromatic carbocycles. The molecule has 158 valence electrons. The molecule has 0 heterocycles. The molecule has 0 N–H and O–H groups in total. The average molecular weight is 417 g/mol. The number of rotatable bonds is 8. The van der Waals surface area contributed by atoms with Gasteiger partial charge in [0.2, 0.25) is 0 Å². The van der Waals surface area contributed by atoms with E-state index in [1.807, 2.05) is 24.3 Å².